The Labute approximate surface area is 158 Å². The van der Waals surface area contributed by atoms with Crippen LogP contribution in [0.15, 0.2) is 59.4 Å². The molecule has 0 radical (unpaired) electrons. The van der Waals surface area contributed by atoms with E-state index in [1.807, 2.05) is 32.0 Å². The third-order valence-corrected chi connectivity index (χ3v) is 4.79. The molecule has 0 aliphatic carbocycles. The number of aryl methyl sites for hydroxylation is 2. The van der Waals surface area contributed by atoms with Crippen LogP contribution >= 0.6 is 0 Å². The van der Waals surface area contributed by atoms with Crippen LogP contribution in [0.1, 0.15) is 36.5 Å². The Hall–Kier alpha value is -2.95. The molecular formula is C22H23FN2O2. The lowest BCUT2D eigenvalue weighted by atomic mass is 9.82. The molecule has 3 aromatic rings. The van der Waals surface area contributed by atoms with E-state index in [9.17, 15) is 14.3 Å². The maximum Gasteiger partial charge on any atom is 0.253 e. The minimum atomic E-state index is -0.682. The van der Waals surface area contributed by atoms with Crippen LogP contribution in [-0.2, 0) is 18.4 Å². The second-order valence-electron chi connectivity index (χ2n) is 7.23. The lowest BCUT2D eigenvalue weighted by molar-refractivity contribution is 0.437. The van der Waals surface area contributed by atoms with Gasteiger partial charge in [-0.05, 0) is 51.0 Å². The fraction of sp³-hybridized carbons (Fsp3) is 0.273. The number of phenols is 1. The molecule has 1 N–H and O–H groups in total. The van der Waals surface area contributed by atoms with E-state index in [2.05, 4.69) is 4.98 Å². The Balaban J connectivity index is 2.05. The molecule has 0 saturated carbocycles. The number of hydrogen-bond acceptors (Lipinski definition) is 3. The molecule has 2 aromatic carbocycles. The van der Waals surface area contributed by atoms with Gasteiger partial charge in [-0.15, -0.1) is 0 Å². The van der Waals surface area contributed by atoms with Crippen LogP contribution in [0.3, 0.4) is 0 Å². The van der Waals surface area contributed by atoms with Crippen molar-refractivity contribution in [2.75, 3.05) is 0 Å². The molecule has 0 aliphatic rings. The van der Waals surface area contributed by atoms with E-state index in [4.69, 9.17) is 0 Å². The van der Waals surface area contributed by atoms with Gasteiger partial charge in [0.15, 0.2) is 0 Å². The highest BCUT2D eigenvalue weighted by molar-refractivity contribution is 5.42. The monoisotopic (exact) mass is 366 g/mol. The number of nitrogens with zero attached hydrogens (tertiary/aromatic N) is 2. The van der Waals surface area contributed by atoms with Gasteiger partial charge >= 0.3 is 0 Å². The normalized spacial score (nSPS) is 11.6. The average molecular weight is 366 g/mol. The maximum atomic E-state index is 13.5. The van der Waals surface area contributed by atoms with E-state index in [0.29, 0.717) is 30.0 Å². The molecule has 1 heterocycles. The standard InChI is InChI=1S/C22H23FN2O2/c1-15-13-20(27)25(12-11-16-7-6-8-17(23)14-16)21(24-15)22(2,3)18-9-4-5-10-19(18)26/h4-10,13-14,26H,11-12H2,1-3H3. The first kappa shape index (κ1) is 18.8. The molecule has 5 heteroatoms. The number of aromatic hydroxyl groups is 1. The summed E-state index contributed by atoms with van der Waals surface area (Å²) in [5, 5.41) is 10.3. The molecule has 27 heavy (non-hydrogen) atoms. The maximum absolute atomic E-state index is 13.5. The Bertz CT molecular complexity index is 1020. The van der Waals surface area contributed by atoms with Crippen molar-refractivity contribution in [2.45, 2.75) is 39.2 Å². The second-order valence-corrected chi connectivity index (χ2v) is 7.23. The highest BCUT2D eigenvalue weighted by Crippen LogP contribution is 2.35. The van der Waals surface area contributed by atoms with Gasteiger partial charge in [0.25, 0.3) is 5.56 Å². The zero-order valence-electron chi connectivity index (χ0n) is 15.7. The van der Waals surface area contributed by atoms with Crippen molar-refractivity contribution < 1.29 is 9.50 Å². The van der Waals surface area contributed by atoms with Crippen molar-refractivity contribution in [1.82, 2.24) is 9.55 Å². The first-order valence-corrected chi connectivity index (χ1v) is 8.91. The van der Waals surface area contributed by atoms with Gasteiger partial charge in [-0.3, -0.25) is 9.36 Å². The lowest BCUT2D eigenvalue weighted by Crippen LogP contribution is -2.34. The smallest absolute Gasteiger partial charge is 0.253 e. The summed E-state index contributed by atoms with van der Waals surface area (Å²) in [5.74, 6) is 0.442. The van der Waals surface area contributed by atoms with Gasteiger partial charge in [0.05, 0.1) is 5.41 Å². The molecule has 1 aromatic heterocycles. The summed E-state index contributed by atoms with van der Waals surface area (Å²) in [5.41, 5.74) is 1.30. The summed E-state index contributed by atoms with van der Waals surface area (Å²) in [6.07, 6.45) is 0.506. The summed E-state index contributed by atoms with van der Waals surface area (Å²) in [6, 6.07) is 14.9. The van der Waals surface area contributed by atoms with Gasteiger partial charge in [-0.25, -0.2) is 9.37 Å². The van der Waals surface area contributed by atoms with Crippen LogP contribution in [0, 0.1) is 12.7 Å². The van der Waals surface area contributed by atoms with E-state index in [-0.39, 0.29) is 17.1 Å². The predicted molar refractivity (Wildman–Crippen MR) is 104 cm³/mol. The molecule has 140 valence electrons. The van der Waals surface area contributed by atoms with Crippen LogP contribution in [0.5, 0.6) is 5.75 Å². The zero-order valence-corrected chi connectivity index (χ0v) is 15.7. The number of hydrogen-bond donors (Lipinski definition) is 1. The third kappa shape index (κ3) is 3.92. The molecule has 3 rings (SSSR count). The lowest BCUT2D eigenvalue weighted by Gasteiger charge is -2.28. The van der Waals surface area contributed by atoms with Crippen LogP contribution < -0.4 is 5.56 Å². The largest absolute Gasteiger partial charge is 0.508 e. The van der Waals surface area contributed by atoms with Gasteiger partial charge in [-0.1, -0.05) is 30.3 Å². The Morgan fingerprint density at radius 1 is 1.11 bits per heavy atom. The number of halogens is 1. The summed E-state index contributed by atoms with van der Waals surface area (Å²) >= 11 is 0. The molecule has 4 nitrogen and oxygen atoms in total. The molecule has 0 amide bonds. The van der Waals surface area contributed by atoms with E-state index in [0.717, 1.165) is 5.56 Å². The first-order valence-electron chi connectivity index (χ1n) is 8.91. The highest BCUT2D eigenvalue weighted by atomic mass is 19.1. The number of aromatic nitrogens is 2. The van der Waals surface area contributed by atoms with Gasteiger partial charge in [-0.2, -0.15) is 0 Å². The van der Waals surface area contributed by atoms with Crippen LogP contribution in [0.4, 0.5) is 4.39 Å². The summed E-state index contributed by atoms with van der Waals surface area (Å²) < 4.78 is 15.1. The van der Waals surface area contributed by atoms with Crippen molar-refractivity contribution in [3.63, 3.8) is 0 Å². The Morgan fingerprint density at radius 2 is 1.85 bits per heavy atom. The molecule has 0 bridgehead atoms. The van der Waals surface area contributed by atoms with Gasteiger partial charge in [0.1, 0.15) is 17.4 Å². The summed E-state index contributed by atoms with van der Waals surface area (Å²) in [4.78, 5) is 17.3. The van der Waals surface area contributed by atoms with Crippen molar-refractivity contribution in [2.24, 2.45) is 0 Å². The van der Waals surface area contributed by atoms with E-state index in [1.54, 1.807) is 29.7 Å². The highest BCUT2D eigenvalue weighted by Gasteiger charge is 2.31. The third-order valence-electron chi connectivity index (χ3n) is 4.79. The van der Waals surface area contributed by atoms with Gasteiger partial charge < -0.3 is 5.11 Å². The Kier molecular flexibility index (Phi) is 5.13. The molecule has 0 fully saturated rings. The number of para-hydroxylation sites is 1. The topological polar surface area (TPSA) is 55.1 Å². The molecule has 0 aliphatic heterocycles. The van der Waals surface area contributed by atoms with Crippen molar-refractivity contribution in [1.29, 1.82) is 0 Å². The van der Waals surface area contributed by atoms with Crippen LogP contribution in [0.2, 0.25) is 0 Å². The van der Waals surface area contributed by atoms with Crippen molar-refractivity contribution in [3.05, 3.63) is 93.4 Å². The van der Waals surface area contributed by atoms with Gasteiger partial charge in [0.2, 0.25) is 0 Å². The summed E-state index contributed by atoms with van der Waals surface area (Å²) in [6.45, 7) is 6.02. The van der Waals surface area contributed by atoms with E-state index < -0.39 is 5.41 Å². The molecule has 0 spiro atoms. The quantitative estimate of drug-likeness (QED) is 0.743. The second kappa shape index (κ2) is 7.35. The SMILES string of the molecule is Cc1cc(=O)n(CCc2cccc(F)c2)c(C(C)(C)c2ccccc2O)n1. The van der Waals surface area contributed by atoms with Gasteiger partial charge in [0, 0.05) is 23.9 Å². The average Bonchev–Trinajstić information content (AvgIpc) is 2.60. The van der Waals surface area contributed by atoms with Crippen molar-refractivity contribution >= 4 is 0 Å². The predicted octanol–water partition coefficient (Wildman–Crippen LogP) is 3.97. The minimum Gasteiger partial charge on any atom is -0.508 e. The van der Waals surface area contributed by atoms with Crippen LogP contribution in [-0.4, -0.2) is 14.7 Å². The van der Waals surface area contributed by atoms with Crippen LogP contribution in [0.25, 0.3) is 0 Å². The Morgan fingerprint density at radius 3 is 2.56 bits per heavy atom. The summed E-state index contributed by atoms with van der Waals surface area (Å²) in [7, 11) is 0. The van der Waals surface area contributed by atoms with E-state index in [1.165, 1.54) is 18.2 Å². The minimum absolute atomic E-state index is 0.155. The number of rotatable bonds is 5. The molecule has 0 atom stereocenters. The zero-order chi connectivity index (χ0) is 19.6. The molecular weight excluding hydrogens is 343 g/mol. The number of phenolic OH excluding ortho intramolecular Hbond substituents is 1. The first-order chi connectivity index (χ1) is 12.8. The number of benzene rings is 2. The van der Waals surface area contributed by atoms with Crippen molar-refractivity contribution in [3.8, 4) is 5.75 Å². The fourth-order valence-corrected chi connectivity index (χ4v) is 3.37. The van der Waals surface area contributed by atoms with E-state index >= 15 is 0 Å². The fourth-order valence-electron chi connectivity index (χ4n) is 3.37. The molecule has 0 unspecified atom stereocenters. The molecule has 0 saturated heterocycles.